The summed E-state index contributed by atoms with van der Waals surface area (Å²) in [6, 6.07) is 0.999. The highest BCUT2D eigenvalue weighted by Gasteiger charge is 2.39. The Kier molecular flexibility index (Phi) is 7.15. The average Bonchev–Trinajstić information content (AvgIpc) is 2.75. The number of nitrogens with one attached hydrogen (secondary N) is 2. The van der Waals surface area contributed by atoms with Gasteiger partial charge in [-0.2, -0.15) is 13.2 Å². The van der Waals surface area contributed by atoms with Gasteiger partial charge in [-0.05, 0) is 18.6 Å². The number of alkyl halides is 3. The lowest BCUT2D eigenvalue weighted by atomic mass is 10.1. The Balaban J connectivity index is 2.28. The Morgan fingerprint density at radius 1 is 1.18 bits per heavy atom. The Labute approximate surface area is 188 Å². The molecule has 7 nitrogen and oxygen atoms in total. The van der Waals surface area contributed by atoms with E-state index in [4.69, 9.17) is 5.73 Å². The molecule has 182 valence electrons. The normalized spacial score (nSPS) is 12.6. The van der Waals surface area contributed by atoms with Crippen molar-refractivity contribution in [2.75, 3.05) is 18.4 Å². The summed E-state index contributed by atoms with van der Waals surface area (Å²) < 4.78 is 82.7. The topological polar surface area (TPSA) is 102 Å². The summed E-state index contributed by atoms with van der Waals surface area (Å²) >= 11 is 0. The number of hydrogen-bond donors (Lipinski definition) is 3. The Bertz CT molecular complexity index is 1270. The summed E-state index contributed by atoms with van der Waals surface area (Å²) in [5.74, 6) is -5.25. The van der Waals surface area contributed by atoms with Crippen molar-refractivity contribution in [3.63, 3.8) is 0 Å². The van der Waals surface area contributed by atoms with Gasteiger partial charge in [-0.1, -0.05) is 6.92 Å². The van der Waals surface area contributed by atoms with Crippen molar-refractivity contribution < 1.29 is 31.1 Å². The first-order valence-electron chi connectivity index (χ1n) is 10.0. The third kappa shape index (κ3) is 4.98. The molecule has 0 aliphatic carbocycles. The van der Waals surface area contributed by atoms with Gasteiger partial charge in [0.05, 0.1) is 5.39 Å². The number of carbonyl (C=O) groups is 1. The fraction of sp³-hybridized carbons (Fsp3) is 0.286. The second kappa shape index (κ2) is 9.71. The number of fused-ring (bicyclic) bond motifs is 1. The molecule has 0 saturated heterocycles. The van der Waals surface area contributed by atoms with Crippen LogP contribution in [-0.2, 0) is 0 Å². The summed E-state index contributed by atoms with van der Waals surface area (Å²) in [5.41, 5.74) is 2.38. The standard InChI is InChI=1S/C21H19F6N5O2/c1-2-15(21(25,26)27)30-20(34)12-9-32(17-13(23)7-10(22)8-14(17)24)19-11(18(12)33)3-4-16(31-19)29-6-5-28/h3-4,7-9,15H,2,5-6,28H2,1H3,(H,29,31)(H,30,34). The van der Waals surface area contributed by atoms with E-state index in [0.29, 0.717) is 22.9 Å². The molecule has 34 heavy (non-hydrogen) atoms. The Morgan fingerprint density at radius 2 is 1.82 bits per heavy atom. The van der Waals surface area contributed by atoms with Crippen LogP contribution < -0.4 is 21.8 Å². The molecular weight excluding hydrogens is 468 g/mol. The molecule has 0 bridgehead atoms. The summed E-state index contributed by atoms with van der Waals surface area (Å²) in [4.78, 5) is 29.7. The number of hydrogen-bond acceptors (Lipinski definition) is 5. The van der Waals surface area contributed by atoms with Gasteiger partial charge in [0.2, 0.25) is 5.43 Å². The predicted octanol–water partition coefficient (Wildman–Crippen LogP) is 3.24. The van der Waals surface area contributed by atoms with Gasteiger partial charge in [0, 0.05) is 31.4 Å². The quantitative estimate of drug-likeness (QED) is 0.444. The number of rotatable bonds is 7. The van der Waals surface area contributed by atoms with E-state index in [1.165, 1.54) is 19.1 Å². The number of pyridine rings is 2. The average molecular weight is 487 g/mol. The second-order valence-corrected chi connectivity index (χ2v) is 7.22. The van der Waals surface area contributed by atoms with Gasteiger partial charge in [-0.3, -0.25) is 14.2 Å². The molecule has 2 heterocycles. The van der Waals surface area contributed by atoms with Crippen LogP contribution in [0.15, 0.2) is 35.3 Å². The number of benzene rings is 1. The number of amides is 1. The van der Waals surface area contributed by atoms with Crippen molar-refractivity contribution in [2.24, 2.45) is 5.73 Å². The minimum atomic E-state index is -4.79. The molecule has 2 aromatic heterocycles. The van der Waals surface area contributed by atoms with Crippen LogP contribution in [0, 0.1) is 17.5 Å². The van der Waals surface area contributed by atoms with Crippen molar-refractivity contribution in [1.82, 2.24) is 14.9 Å². The number of anilines is 1. The van der Waals surface area contributed by atoms with E-state index in [9.17, 15) is 35.9 Å². The van der Waals surface area contributed by atoms with Crippen molar-refractivity contribution in [3.8, 4) is 5.69 Å². The third-order valence-corrected chi connectivity index (χ3v) is 4.88. The van der Waals surface area contributed by atoms with Crippen molar-refractivity contribution in [1.29, 1.82) is 0 Å². The molecule has 0 saturated carbocycles. The van der Waals surface area contributed by atoms with Crippen LogP contribution in [0.3, 0.4) is 0 Å². The van der Waals surface area contributed by atoms with Gasteiger partial charge in [0.1, 0.15) is 28.9 Å². The first-order valence-corrected chi connectivity index (χ1v) is 10.0. The molecule has 1 aromatic carbocycles. The molecule has 0 fully saturated rings. The molecule has 0 radical (unpaired) electrons. The fourth-order valence-corrected chi connectivity index (χ4v) is 3.25. The van der Waals surface area contributed by atoms with E-state index < -0.39 is 58.7 Å². The van der Waals surface area contributed by atoms with E-state index in [-0.39, 0.29) is 29.9 Å². The maximum absolute atomic E-state index is 14.6. The molecular formula is C21H19F6N5O2. The molecule has 13 heteroatoms. The van der Waals surface area contributed by atoms with E-state index in [1.54, 1.807) is 5.32 Å². The van der Waals surface area contributed by atoms with Gasteiger partial charge in [0.25, 0.3) is 5.91 Å². The number of nitrogens with zero attached hydrogens (tertiary/aromatic N) is 2. The maximum atomic E-state index is 14.6. The lowest BCUT2D eigenvalue weighted by Crippen LogP contribution is -2.46. The van der Waals surface area contributed by atoms with Crippen LogP contribution >= 0.6 is 0 Å². The summed E-state index contributed by atoms with van der Waals surface area (Å²) in [5, 5.41) is 4.21. The van der Waals surface area contributed by atoms with Gasteiger partial charge in [0.15, 0.2) is 17.3 Å². The molecule has 4 N–H and O–H groups in total. The van der Waals surface area contributed by atoms with Crippen LogP contribution in [0.4, 0.5) is 32.2 Å². The largest absolute Gasteiger partial charge is 0.408 e. The minimum Gasteiger partial charge on any atom is -0.369 e. The van der Waals surface area contributed by atoms with E-state index in [2.05, 4.69) is 10.3 Å². The lowest BCUT2D eigenvalue weighted by molar-refractivity contribution is -0.153. The van der Waals surface area contributed by atoms with Crippen molar-refractivity contribution in [2.45, 2.75) is 25.6 Å². The molecule has 0 aliphatic rings. The molecule has 1 unspecified atom stereocenters. The summed E-state index contributed by atoms with van der Waals surface area (Å²) in [7, 11) is 0. The number of nitrogens with two attached hydrogens (primary N) is 1. The highest BCUT2D eigenvalue weighted by atomic mass is 19.4. The molecule has 1 amide bonds. The molecule has 1 atom stereocenters. The van der Waals surface area contributed by atoms with Crippen molar-refractivity contribution >= 4 is 22.8 Å². The first kappa shape index (κ1) is 25.0. The number of halogens is 6. The Morgan fingerprint density at radius 3 is 2.38 bits per heavy atom. The van der Waals surface area contributed by atoms with Crippen LogP contribution in [0.1, 0.15) is 23.7 Å². The van der Waals surface area contributed by atoms with Crippen LogP contribution in [0.2, 0.25) is 0 Å². The highest BCUT2D eigenvalue weighted by molar-refractivity contribution is 5.97. The predicted molar refractivity (Wildman–Crippen MR) is 112 cm³/mol. The zero-order valence-corrected chi connectivity index (χ0v) is 17.6. The van der Waals surface area contributed by atoms with E-state index >= 15 is 0 Å². The van der Waals surface area contributed by atoms with Crippen LogP contribution in [-0.4, -0.2) is 40.8 Å². The molecule has 0 spiro atoms. The van der Waals surface area contributed by atoms with Gasteiger partial charge >= 0.3 is 6.18 Å². The molecule has 3 aromatic rings. The van der Waals surface area contributed by atoms with Crippen LogP contribution in [0.5, 0.6) is 0 Å². The van der Waals surface area contributed by atoms with Gasteiger partial charge in [-0.15, -0.1) is 0 Å². The highest BCUT2D eigenvalue weighted by Crippen LogP contribution is 2.25. The van der Waals surface area contributed by atoms with Gasteiger partial charge < -0.3 is 16.4 Å². The van der Waals surface area contributed by atoms with Crippen molar-refractivity contribution in [3.05, 3.63) is 63.7 Å². The Hall–Kier alpha value is -3.61. The zero-order valence-electron chi connectivity index (χ0n) is 17.6. The number of carbonyl (C=O) groups excluding carboxylic acids is 1. The number of aromatic nitrogens is 2. The summed E-state index contributed by atoms with van der Waals surface area (Å²) in [6.45, 7) is 1.66. The van der Waals surface area contributed by atoms with E-state index in [0.717, 1.165) is 0 Å². The first-order chi connectivity index (χ1) is 16.0. The zero-order chi connectivity index (χ0) is 25.2. The molecule has 0 aliphatic heterocycles. The van der Waals surface area contributed by atoms with Crippen LogP contribution in [0.25, 0.3) is 16.7 Å². The minimum absolute atomic E-state index is 0.161. The maximum Gasteiger partial charge on any atom is 0.408 e. The molecule has 3 rings (SSSR count). The van der Waals surface area contributed by atoms with E-state index in [1.807, 2.05) is 0 Å². The SMILES string of the molecule is CCC(NC(=O)c1cn(-c2c(F)cc(F)cc2F)c2nc(NCCN)ccc2c1=O)C(F)(F)F. The fourth-order valence-electron chi connectivity index (χ4n) is 3.25. The lowest BCUT2D eigenvalue weighted by Gasteiger charge is -2.20. The van der Waals surface area contributed by atoms with Gasteiger partial charge in [-0.25, -0.2) is 18.2 Å². The summed E-state index contributed by atoms with van der Waals surface area (Å²) in [6.07, 6.45) is -4.64. The third-order valence-electron chi connectivity index (χ3n) is 4.88. The second-order valence-electron chi connectivity index (χ2n) is 7.22. The smallest absolute Gasteiger partial charge is 0.369 e. The monoisotopic (exact) mass is 487 g/mol.